The monoisotopic (exact) mass is 417 g/mol. The van der Waals surface area contributed by atoms with Gasteiger partial charge < -0.3 is 8.98 Å². The predicted octanol–water partition coefficient (Wildman–Crippen LogP) is 7.13. The van der Waals surface area contributed by atoms with Crippen LogP contribution in [0.5, 0.6) is 0 Å². The Hall–Kier alpha value is -3.78. The smallest absolute Gasteiger partial charge is 0.123 e. The molecule has 1 unspecified atom stereocenters. The van der Waals surface area contributed by atoms with E-state index in [-0.39, 0.29) is 0 Å². The lowest BCUT2D eigenvalue weighted by Crippen LogP contribution is -2.30. The van der Waals surface area contributed by atoms with Crippen LogP contribution < -0.4 is 0 Å². The average Bonchev–Trinajstić information content (AvgIpc) is 3.47. The van der Waals surface area contributed by atoms with Crippen molar-refractivity contribution in [3.63, 3.8) is 0 Å². The maximum atomic E-state index is 6.36. The van der Waals surface area contributed by atoms with Gasteiger partial charge in [0.05, 0.1) is 0 Å². The molecule has 0 radical (unpaired) electrons. The zero-order valence-corrected chi connectivity index (χ0v) is 18.5. The van der Waals surface area contributed by atoms with Crippen LogP contribution in [0.4, 0.5) is 0 Å². The lowest BCUT2D eigenvalue weighted by atomic mass is 9.68. The second kappa shape index (κ2) is 8.39. The number of furan rings is 1. The van der Waals surface area contributed by atoms with Gasteiger partial charge in [0.25, 0.3) is 0 Å². The third kappa shape index (κ3) is 3.58. The number of rotatable bonds is 6. The largest absolute Gasteiger partial charge is 0.465 e. The van der Waals surface area contributed by atoms with E-state index in [0.717, 1.165) is 18.1 Å². The molecule has 2 nitrogen and oxygen atoms in total. The number of benzene rings is 3. The molecule has 0 saturated carbocycles. The molecule has 0 amide bonds. The van der Waals surface area contributed by atoms with Crippen LogP contribution in [0.25, 0.3) is 0 Å². The number of hydrogen-bond acceptors (Lipinski definition) is 1. The second-order valence-electron chi connectivity index (χ2n) is 8.45. The molecule has 0 aliphatic rings. The van der Waals surface area contributed by atoms with Crippen LogP contribution in [0, 0.1) is 13.8 Å². The molecule has 2 aromatic heterocycles. The van der Waals surface area contributed by atoms with Crippen molar-refractivity contribution in [2.75, 3.05) is 0 Å². The third-order valence-corrected chi connectivity index (χ3v) is 6.19. The Balaban J connectivity index is 1.73. The first kappa shape index (κ1) is 20.1. The highest BCUT2D eigenvalue weighted by Crippen LogP contribution is 2.45. The normalized spacial score (nSPS) is 13.1. The zero-order chi connectivity index (χ0) is 22.0. The summed E-state index contributed by atoms with van der Waals surface area (Å²) in [5.41, 5.74) is 5.57. The van der Waals surface area contributed by atoms with E-state index in [2.05, 4.69) is 127 Å². The van der Waals surface area contributed by atoms with Crippen molar-refractivity contribution < 1.29 is 4.42 Å². The van der Waals surface area contributed by atoms with E-state index < -0.39 is 5.41 Å². The number of nitrogens with zero attached hydrogens (tertiary/aromatic N) is 1. The minimum Gasteiger partial charge on any atom is -0.465 e. The van der Waals surface area contributed by atoms with Crippen molar-refractivity contribution >= 4 is 0 Å². The maximum absolute atomic E-state index is 6.36. The molecule has 1 atom stereocenters. The Labute approximate surface area is 189 Å². The van der Waals surface area contributed by atoms with Crippen molar-refractivity contribution in [3.05, 3.63) is 155 Å². The van der Waals surface area contributed by atoms with Gasteiger partial charge in [-0.2, -0.15) is 0 Å². The van der Waals surface area contributed by atoms with Crippen molar-refractivity contribution in [2.45, 2.75) is 25.8 Å². The number of hydrogen-bond donors (Lipinski definition) is 0. The Morgan fingerprint density at radius 2 is 1.31 bits per heavy atom. The van der Waals surface area contributed by atoms with Crippen LogP contribution in [-0.2, 0) is 12.0 Å². The van der Waals surface area contributed by atoms with E-state index in [9.17, 15) is 0 Å². The Kier molecular flexibility index (Phi) is 5.28. The lowest BCUT2D eigenvalue weighted by molar-refractivity contribution is 0.442. The van der Waals surface area contributed by atoms with Crippen molar-refractivity contribution in [3.8, 4) is 0 Å². The van der Waals surface area contributed by atoms with Crippen LogP contribution in [0.15, 0.2) is 120 Å². The number of aryl methyl sites for hydroxylation is 2. The van der Waals surface area contributed by atoms with Crippen molar-refractivity contribution in [1.29, 1.82) is 0 Å². The average molecular weight is 418 g/mol. The van der Waals surface area contributed by atoms with Crippen LogP contribution >= 0.6 is 0 Å². The molecule has 158 valence electrons. The van der Waals surface area contributed by atoms with Gasteiger partial charge in [-0.25, -0.2) is 0 Å². The molecule has 32 heavy (non-hydrogen) atoms. The fourth-order valence-electron chi connectivity index (χ4n) is 4.61. The molecule has 5 rings (SSSR count). The summed E-state index contributed by atoms with van der Waals surface area (Å²) in [4.78, 5) is 0. The summed E-state index contributed by atoms with van der Waals surface area (Å²) in [6.07, 6.45) is 4.43. The first-order valence-electron chi connectivity index (χ1n) is 11.1. The van der Waals surface area contributed by atoms with E-state index in [4.69, 9.17) is 4.42 Å². The van der Waals surface area contributed by atoms with Gasteiger partial charge in [-0.05, 0) is 54.3 Å². The molecule has 2 heteroatoms. The first-order valence-corrected chi connectivity index (χ1v) is 11.1. The van der Waals surface area contributed by atoms with Gasteiger partial charge in [0.2, 0.25) is 0 Å². The SMILES string of the molecule is Cc1ccc(C(c2ccccc2)(c2ccn(Cc3ccccc3)c2)c2ccc(C)o2)cc1. The Morgan fingerprint density at radius 1 is 0.656 bits per heavy atom. The van der Waals surface area contributed by atoms with Gasteiger partial charge in [-0.1, -0.05) is 90.5 Å². The molecule has 0 aliphatic carbocycles. The summed E-state index contributed by atoms with van der Waals surface area (Å²) in [5, 5.41) is 0. The molecule has 0 saturated heterocycles. The zero-order valence-electron chi connectivity index (χ0n) is 18.5. The van der Waals surface area contributed by atoms with E-state index in [1.807, 2.05) is 6.92 Å². The fraction of sp³-hybridized carbons (Fsp3) is 0.133. The summed E-state index contributed by atoms with van der Waals surface area (Å²) >= 11 is 0. The number of aromatic nitrogens is 1. The van der Waals surface area contributed by atoms with Crippen LogP contribution in [0.3, 0.4) is 0 Å². The lowest BCUT2D eigenvalue weighted by Gasteiger charge is -2.33. The van der Waals surface area contributed by atoms with Crippen LogP contribution in [0.1, 0.15) is 39.3 Å². The topological polar surface area (TPSA) is 18.1 Å². The predicted molar refractivity (Wildman–Crippen MR) is 130 cm³/mol. The second-order valence-corrected chi connectivity index (χ2v) is 8.45. The van der Waals surface area contributed by atoms with E-state index in [0.29, 0.717) is 0 Å². The standard InChI is InChI=1S/C30H27NO/c1-23-13-16-27(17-14-23)30(26-11-7-4-8-12-26,29-18-15-24(2)32-29)28-19-20-31(22-28)21-25-9-5-3-6-10-25/h3-20,22H,21H2,1-2H3. The summed E-state index contributed by atoms with van der Waals surface area (Å²) < 4.78 is 8.62. The maximum Gasteiger partial charge on any atom is 0.123 e. The molecule has 2 heterocycles. The molecule has 0 bridgehead atoms. The van der Waals surface area contributed by atoms with Crippen LogP contribution in [0.2, 0.25) is 0 Å². The van der Waals surface area contributed by atoms with Gasteiger partial charge in [0.1, 0.15) is 16.9 Å². The highest BCUT2D eigenvalue weighted by Gasteiger charge is 2.41. The Morgan fingerprint density at radius 3 is 1.97 bits per heavy atom. The van der Waals surface area contributed by atoms with Gasteiger partial charge >= 0.3 is 0 Å². The van der Waals surface area contributed by atoms with Gasteiger partial charge in [-0.3, -0.25) is 0 Å². The molecule has 5 aromatic rings. The Bertz CT molecular complexity index is 1300. The molecule has 0 spiro atoms. The third-order valence-electron chi connectivity index (χ3n) is 6.19. The van der Waals surface area contributed by atoms with Crippen LogP contribution in [-0.4, -0.2) is 4.57 Å². The fourth-order valence-corrected chi connectivity index (χ4v) is 4.61. The molecule has 3 aromatic carbocycles. The van der Waals surface area contributed by atoms with E-state index in [1.165, 1.54) is 27.8 Å². The molecular formula is C30H27NO. The van der Waals surface area contributed by atoms with Gasteiger partial charge in [0.15, 0.2) is 0 Å². The van der Waals surface area contributed by atoms with Gasteiger partial charge in [-0.15, -0.1) is 0 Å². The van der Waals surface area contributed by atoms with Gasteiger partial charge in [0, 0.05) is 18.9 Å². The first-order chi connectivity index (χ1) is 15.7. The summed E-state index contributed by atoms with van der Waals surface area (Å²) in [5.74, 6) is 1.85. The minimum absolute atomic E-state index is 0.537. The van der Waals surface area contributed by atoms with Crippen molar-refractivity contribution in [2.24, 2.45) is 0 Å². The van der Waals surface area contributed by atoms with E-state index >= 15 is 0 Å². The molecular weight excluding hydrogens is 390 g/mol. The minimum atomic E-state index is -0.537. The van der Waals surface area contributed by atoms with Crippen molar-refractivity contribution in [1.82, 2.24) is 4.57 Å². The summed E-state index contributed by atoms with van der Waals surface area (Å²) in [7, 11) is 0. The highest BCUT2D eigenvalue weighted by atomic mass is 16.3. The highest BCUT2D eigenvalue weighted by molar-refractivity contribution is 5.57. The molecule has 0 aliphatic heterocycles. The molecule has 0 fully saturated rings. The van der Waals surface area contributed by atoms with E-state index in [1.54, 1.807) is 0 Å². The quantitative estimate of drug-likeness (QED) is 0.287. The summed E-state index contributed by atoms with van der Waals surface area (Å²) in [6.45, 7) is 4.97. The summed E-state index contributed by atoms with van der Waals surface area (Å²) in [6, 6.07) is 36.5. The molecule has 0 N–H and O–H groups in total.